The van der Waals surface area contributed by atoms with E-state index in [2.05, 4.69) is 10.6 Å². The van der Waals surface area contributed by atoms with Crippen molar-refractivity contribution in [2.75, 3.05) is 13.1 Å². The van der Waals surface area contributed by atoms with E-state index in [1.807, 2.05) is 0 Å². The van der Waals surface area contributed by atoms with Crippen LogP contribution < -0.4 is 10.6 Å². The Morgan fingerprint density at radius 3 is 2.53 bits per heavy atom. The summed E-state index contributed by atoms with van der Waals surface area (Å²) in [6.45, 7) is 1.33. The largest absolute Gasteiger partial charge is 0.469 e. The first-order valence-electron chi connectivity index (χ1n) is 7.52. The Hall–Kier alpha value is -0.425. The van der Waals surface area contributed by atoms with Gasteiger partial charge in [0.2, 0.25) is 0 Å². The summed E-state index contributed by atoms with van der Waals surface area (Å²) in [5.41, 5.74) is 0. The summed E-state index contributed by atoms with van der Waals surface area (Å²) in [4.78, 5) is 12.0. The van der Waals surface area contributed by atoms with E-state index < -0.39 is 7.12 Å². The highest BCUT2D eigenvalue weighted by molar-refractivity contribution is 6.43. The van der Waals surface area contributed by atoms with Gasteiger partial charge in [0.15, 0.2) is 5.78 Å². The molecule has 1 saturated heterocycles. The maximum Gasteiger partial charge on any atom is 0.469 e. The normalized spacial score (nSPS) is 28.5. The van der Waals surface area contributed by atoms with E-state index in [4.69, 9.17) is 10.0 Å². The van der Waals surface area contributed by atoms with E-state index in [0.717, 1.165) is 12.5 Å². The minimum Gasteiger partial charge on any atom is -0.426 e. The number of carbonyl (C=O) groups is 1. The van der Waals surface area contributed by atoms with Crippen LogP contribution in [0.4, 0.5) is 0 Å². The highest BCUT2D eigenvalue weighted by Crippen LogP contribution is 2.22. The Labute approximate surface area is 115 Å². The number of hydrogen-bond acceptors (Lipinski definition) is 5. The second-order valence-electron chi connectivity index (χ2n) is 5.92. The van der Waals surface area contributed by atoms with Crippen LogP contribution in [-0.4, -0.2) is 48.0 Å². The fraction of sp³-hybridized carbons (Fsp3) is 0.923. The molecule has 0 radical (unpaired) electrons. The first kappa shape index (κ1) is 15.0. The predicted molar refractivity (Wildman–Crippen MR) is 74.6 cm³/mol. The molecule has 2 rings (SSSR count). The number of carbonyl (C=O) groups excluding carboxylic acids is 1. The zero-order valence-corrected chi connectivity index (χ0v) is 11.5. The molecule has 0 aromatic heterocycles. The van der Waals surface area contributed by atoms with Gasteiger partial charge in [-0.15, -0.1) is 0 Å². The molecule has 1 aliphatic heterocycles. The molecule has 2 atom stereocenters. The molecule has 0 spiro atoms. The van der Waals surface area contributed by atoms with Crippen LogP contribution in [0.25, 0.3) is 0 Å². The number of hydrogen-bond donors (Lipinski definition) is 4. The van der Waals surface area contributed by atoms with E-state index in [1.165, 1.54) is 32.1 Å². The van der Waals surface area contributed by atoms with Crippen LogP contribution in [0.2, 0.25) is 0 Å². The Balaban J connectivity index is 1.62. The average molecular weight is 268 g/mol. The highest BCUT2D eigenvalue weighted by atomic mass is 16.4. The van der Waals surface area contributed by atoms with Crippen LogP contribution in [0, 0.1) is 5.92 Å². The molecule has 1 heterocycles. The van der Waals surface area contributed by atoms with Gasteiger partial charge in [0.1, 0.15) is 0 Å². The van der Waals surface area contributed by atoms with Gasteiger partial charge >= 0.3 is 7.12 Å². The Morgan fingerprint density at radius 2 is 1.89 bits per heavy atom. The van der Waals surface area contributed by atoms with Gasteiger partial charge < -0.3 is 20.7 Å². The molecule has 6 heteroatoms. The fourth-order valence-corrected chi connectivity index (χ4v) is 3.17. The van der Waals surface area contributed by atoms with E-state index in [-0.39, 0.29) is 17.8 Å². The summed E-state index contributed by atoms with van der Waals surface area (Å²) in [6.07, 6.45) is 7.90. The van der Waals surface area contributed by atoms with Crippen molar-refractivity contribution < 1.29 is 14.8 Å². The van der Waals surface area contributed by atoms with Gasteiger partial charge in [0, 0.05) is 5.94 Å². The Bertz CT molecular complexity index is 296. The molecular formula is C13H25BN2O3. The van der Waals surface area contributed by atoms with Gasteiger partial charge in [-0.1, -0.05) is 19.3 Å². The molecular weight excluding hydrogens is 243 g/mol. The molecule has 5 nitrogen and oxygen atoms in total. The summed E-state index contributed by atoms with van der Waals surface area (Å²) in [6, 6.07) is -0.217. The standard InChI is InChI=1S/C13H25BN2O3/c17-12(11-6-7-13(16-11)14(18)19)9-15-8-10-4-2-1-3-5-10/h10-11,13,15-16,18-19H,1-9H2/t11?,13-/m1/s1. The van der Waals surface area contributed by atoms with E-state index >= 15 is 0 Å². The number of rotatable bonds is 6. The zero-order valence-electron chi connectivity index (χ0n) is 11.5. The van der Waals surface area contributed by atoms with Crippen LogP contribution in [0.1, 0.15) is 44.9 Å². The molecule has 1 saturated carbocycles. The van der Waals surface area contributed by atoms with Gasteiger partial charge in [-0.05, 0) is 38.1 Å². The average Bonchev–Trinajstić information content (AvgIpc) is 2.89. The zero-order chi connectivity index (χ0) is 13.7. The first-order chi connectivity index (χ1) is 9.16. The first-order valence-corrected chi connectivity index (χ1v) is 7.52. The third-order valence-electron chi connectivity index (χ3n) is 4.39. The molecule has 0 aromatic carbocycles. The van der Waals surface area contributed by atoms with Crippen molar-refractivity contribution in [1.29, 1.82) is 0 Å². The quantitative estimate of drug-likeness (QED) is 0.504. The topological polar surface area (TPSA) is 81.6 Å². The van der Waals surface area contributed by atoms with Gasteiger partial charge in [-0.2, -0.15) is 0 Å². The molecule has 0 amide bonds. The Morgan fingerprint density at radius 1 is 1.16 bits per heavy atom. The smallest absolute Gasteiger partial charge is 0.426 e. The van der Waals surface area contributed by atoms with Crippen LogP contribution in [-0.2, 0) is 4.79 Å². The second-order valence-corrected chi connectivity index (χ2v) is 5.92. The lowest BCUT2D eigenvalue weighted by atomic mass is 9.79. The second kappa shape index (κ2) is 7.38. The lowest BCUT2D eigenvalue weighted by Gasteiger charge is -2.22. The van der Waals surface area contributed by atoms with Crippen LogP contribution in [0.5, 0.6) is 0 Å². The molecule has 2 fully saturated rings. The molecule has 108 valence electrons. The lowest BCUT2D eigenvalue weighted by molar-refractivity contribution is -0.119. The summed E-state index contributed by atoms with van der Waals surface area (Å²) in [5.74, 6) is 0.511. The van der Waals surface area contributed by atoms with Gasteiger partial charge in [-0.25, -0.2) is 0 Å². The molecule has 4 N–H and O–H groups in total. The van der Waals surface area contributed by atoms with E-state index in [9.17, 15) is 4.79 Å². The molecule has 19 heavy (non-hydrogen) atoms. The molecule has 0 aromatic rings. The third-order valence-corrected chi connectivity index (χ3v) is 4.39. The van der Waals surface area contributed by atoms with Crippen molar-refractivity contribution >= 4 is 12.9 Å². The number of Topliss-reactive ketones (excluding diaryl/α,β-unsaturated/α-hetero) is 1. The third kappa shape index (κ3) is 4.56. The van der Waals surface area contributed by atoms with Gasteiger partial charge in [0.25, 0.3) is 0 Å². The van der Waals surface area contributed by atoms with Crippen molar-refractivity contribution in [3.63, 3.8) is 0 Å². The van der Waals surface area contributed by atoms with Crippen molar-refractivity contribution in [3.05, 3.63) is 0 Å². The lowest BCUT2D eigenvalue weighted by Crippen LogP contribution is -2.46. The fourth-order valence-electron chi connectivity index (χ4n) is 3.17. The van der Waals surface area contributed by atoms with Crippen molar-refractivity contribution in [2.45, 2.75) is 56.9 Å². The van der Waals surface area contributed by atoms with Crippen LogP contribution >= 0.6 is 0 Å². The highest BCUT2D eigenvalue weighted by Gasteiger charge is 2.34. The van der Waals surface area contributed by atoms with Crippen molar-refractivity contribution in [3.8, 4) is 0 Å². The van der Waals surface area contributed by atoms with Gasteiger partial charge in [-0.3, -0.25) is 4.79 Å². The summed E-state index contributed by atoms with van der Waals surface area (Å²) in [5, 5.41) is 24.4. The van der Waals surface area contributed by atoms with E-state index in [0.29, 0.717) is 19.4 Å². The summed E-state index contributed by atoms with van der Waals surface area (Å²) >= 11 is 0. The van der Waals surface area contributed by atoms with Crippen molar-refractivity contribution in [1.82, 2.24) is 10.6 Å². The maximum absolute atomic E-state index is 12.0. The molecule has 2 aliphatic rings. The SMILES string of the molecule is O=C(CNCC1CCCCC1)C1CC[C@H](B(O)O)N1. The minimum absolute atomic E-state index is 0.138. The monoisotopic (exact) mass is 268 g/mol. The van der Waals surface area contributed by atoms with E-state index in [1.54, 1.807) is 0 Å². The van der Waals surface area contributed by atoms with Crippen LogP contribution in [0.3, 0.4) is 0 Å². The molecule has 0 bridgehead atoms. The van der Waals surface area contributed by atoms with Gasteiger partial charge in [0.05, 0.1) is 12.6 Å². The minimum atomic E-state index is -1.37. The Kier molecular flexibility index (Phi) is 5.82. The maximum atomic E-state index is 12.0. The van der Waals surface area contributed by atoms with Crippen LogP contribution in [0.15, 0.2) is 0 Å². The molecule has 1 unspecified atom stereocenters. The van der Waals surface area contributed by atoms with Crippen molar-refractivity contribution in [2.24, 2.45) is 5.92 Å². The summed E-state index contributed by atoms with van der Waals surface area (Å²) < 4.78 is 0. The number of nitrogens with one attached hydrogen (secondary N) is 2. The number of ketones is 1. The summed E-state index contributed by atoms with van der Waals surface area (Å²) in [7, 11) is -1.37. The molecule has 1 aliphatic carbocycles. The predicted octanol–water partition coefficient (Wildman–Crippen LogP) is -0.142.